The van der Waals surface area contributed by atoms with E-state index in [4.69, 9.17) is 20.9 Å². The number of imidazole rings is 1. The third-order valence-corrected chi connectivity index (χ3v) is 6.60. The number of esters is 1. The summed E-state index contributed by atoms with van der Waals surface area (Å²) in [6.45, 7) is 4.81. The number of anilines is 1. The highest BCUT2D eigenvalue weighted by atomic mass is 35.5. The summed E-state index contributed by atoms with van der Waals surface area (Å²) in [6.07, 6.45) is 4.55. The van der Waals surface area contributed by atoms with Crippen LogP contribution in [0.1, 0.15) is 37.2 Å². The van der Waals surface area contributed by atoms with Gasteiger partial charge in [0.2, 0.25) is 0 Å². The van der Waals surface area contributed by atoms with E-state index in [0.29, 0.717) is 24.2 Å². The molecule has 4 rings (SSSR count). The number of aromatic nitrogens is 2. The van der Waals surface area contributed by atoms with Crippen LogP contribution in [0.3, 0.4) is 0 Å². The minimum Gasteiger partial charge on any atom is -0.465 e. The van der Waals surface area contributed by atoms with Gasteiger partial charge < -0.3 is 25.3 Å². The van der Waals surface area contributed by atoms with Gasteiger partial charge in [-0.1, -0.05) is 12.1 Å². The lowest BCUT2D eigenvalue weighted by atomic mass is 9.89. The topological polar surface area (TPSA) is 138 Å². The average Bonchev–Trinajstić information content (AvgIpc) is 3.54. The van der Waals surface area contributed by atoms with Crippen molar-refractivity contribution in [1.82, 2.24) is 19.8 Å². The summed E-state index contributed by atoms with van der Waals surface area (Å²) >= 11 is 0. The fraction of sp³-hybridized carbons (Fsp3) is 0.333. The number of benzene rings is 2. The highest BCUT2D eigenvalue weighted by Crippen LogP contribution is 2.29. The minimum absolute atomic E-state index is 0. The van der Waals surface area contributed by atoms with Crippen molar-refractivity contribution in [2.45, 2.75) is 32.4 Å². The van der Waals surface area contributed by atoms with E-state index in [1.807, 2.05) is 48.0 Å². The molecule has 210 valence electrons. The SMILES string of the molecule is CCOC(=O)CNC(C)(C(=O)N1C=CCC1)c1ccc2c(c1)nc(CNc1ccc(C(=N)N)cc1)n2C.Cl.Cl. The molecule has 1 aliphatic heterocycles. The molecule has 0 spiro atoms. The highest BCUT2D eigenvalue weighted by Gasteiger charge is 2.39. The molecule has 0 saturated carbocycles. The maximum absolute atomic E-state index is 13.6. The molecule has 1 atom stereocenters. The van der Waals surface area contributed by atoms with E-state index in [0.717, 1.165) is 29.0 Å². The van der Waals surface area contributed by atoms with Crippen molar-refractivity contribution < 1.29 is 14.3 Å². The fourth-order valence-electron chi connectivity index (χ4n) is 4.38. The third-order valence-electron chi connectivity index (χ3n) is 6.60. The molecule has 5 N–H and O–H groups in total. The molecule has 2 aromatic carbocycles. The van der Waals surface area contributed by atoms with Gasteiger partial charge >= 0.3 is 5.97 Å². The molecule has 12 heteroatoms. The van der Waals surface area contributed by atoms with Crippen LogP contribution in [0.5, 0.6) is 0 Å². The molecular formula is C27H35Cl2N7O3. The number of amides is 1. The van der Waals surface area contributed by atoms with Gasteiger partial charge in [0, 0.05) is 31.0 Å². The number of nitrogen functional groups attached to an aromatic ring is 1. The number of amidine groups is 1. The van der Waals surface area contributed by atoms with Crippen molar-refractivity contribution in [3.05, 3.63) is 71.7 Å². The summed E-state index contributed by atoms with van der Waals surface area (Å²) < 4.78 is 7.07. The van der Waals surface area contributed by atoms with Crippen molar-refractivity contribution >= 4 is 59.2 Å². The number of carbonyl (C=O) groups excluding carboxylic acids is 2. The standard InChI is InChI=1S/C27H33N7O3.2ClH/c1-4-37-24(35)17-31-27(2,26(36)34-13-5-6-14-34)19-9-12-22-21(15-19)32-23(33(22)3)16-30-20-10-7-18(8-11-20)25(28)29;;/h5,7-13,15,30-31H,4,6,14,16-17H2,1-3H3,(H3,28,29);2*1H. The molecular weight excluding hydrogens is 541 g/mol. The van der Waals surface area contributed by atoms with Crippen LogP contribution in [-0.2, 0) is 33.5 Å². The van der Waals surface area contributed by atoms with Crippen LogP contribution < -0.4 is 16.4 Å². The summed E-state index contributed by atoms with van der Waals surface area (Å²) in [5.74, 6) is 0.289. The molecule has 0 saturated heterocycles. The first kappa shape index (κ1) is 31.6. The Bertz CT molecular complexity index is 1360. The number of fused-ring (bicyclic) bond motifs is 1. The van der Waals surface area contributed by atoms with Crippen molar-refractivity contribution in [1.29, 1.82) is 5.41 Å². The molecule has 0 fully saturated rings. The first-order valence-corrected chi connectivity index (χ1v) is 12.3. The molecule has 0 aliphatic carbocycles. The Balaban J connectivity index is 0.00000267. The van der Waals surface area contributed by atoms with Crippen LogP contribution in [0.15, 0.2) is 54.7 Å². The lowest BCUT2D eigenvalue weighted by Crippen LogP contribution is -2.53. The number of nitrogens with zero attached hydrogens (tertiary/aromatic N) is 3. The Kier molecular flexibility index (Phi) is 10.9. The van der Waals surface area contributed by atoms with Crippen LogP contribution in [0, 0.1) is 5.41 Å². The second-order valence-electron chi connectivity index (χ2n) is 9.09. The number of halogens is 2. The maximum atomic E-state index is 13.6. The third kappa shape index (κ3) is 6.89. The largest absolute Gasteiger partial charge is 0.465 e. The van der Waals surface area contributed by atoms with Gasteiger partial charge in [0.1, 0.15) is 17.2 Å². The smallest absolute Gasteiger partial charge is 0.319 e. The van der Waals surface area contributed by atoms with E-state index in [1.165, 1.54) is 0 Å². The first-order valence-electron chi connectivity index (χ1n) is 12.3. The summed E-state index contributed by atoms with van der Waals surface area (Å²) in [6, 6.07) is 13.1. The second kappa shape index (κ2) is 13.5. The van der Waals surface area contributed by atoms with E-state index in [9.17, 15) is 9.59 Å². The van der Waals surface area contributed by atoms with E-state index in [-0.39, 0.29) is 49.7 Å². The molecule has 2 heterocycles. The predicted octanol–water partition coefficient (Wildman–Crippen LogP) is 3.43. The van der Waals surface area contributed by atoms with Gasteiger partial charge in [0.15, 0.2) is 0 Å². The fourth-order valence-corrected chi connectivity index (χ4v) is 4.38. The molecule has 0 bridgehead atoms. The summed E-state index contributed by atoms with van der Waals surface area (Å²) in [7, 11) is 1.95. The Morgan fingerprint density at radius 3 is 2.51 bits per heavy atom. The average molecular weight is 577 g/mol. The van der Waals surface area contributed by atoms with Gasteiger partial charge in [-0.05, 0) is 62.2 Å². The van der Waals surface area contributed by atoms with Crippen LogP contribution in [-0.4, -0.2) is 51.9 Å². The van der Waals surface area contributed by atoms with Gasteiger partial charge in [-0.25, -0.2) is 4.98 Å². The van der Waals surface area contributed by atoms with Crippen molar-refractivity contribution in [3.8, 4) is 0 Å². The van der Waals surface area contributed by atoms with Crippen LogP contribution in [0.25, 0.3) is 11.0 Å². The van der Waals surface area contributed by atoms with Crippen LogP contribution >= 0.6 is 24.8 Å². The zero-order chi connectivity index (χ0) is 26.6. The summed E-state index contributed by atoms with van der Waals surface area (Å²) in [4.78, 5) is 32.2. The van der Waals surface area contributed by atoms with E-state index >= 15 is 0 Å². The van der Waals surface area contributed by atoms with Crippen molar-refractivity contribution in [3.63, 3.8) is 0 Å². The zero-order valence-electron chi connectivity index (χ0n) is 22.2. The summed E-state index contributed by atoms with van der Waals surface area (Å²) in [5.41, 5.74) is 8.32. The van der Waals surface area contributed by atoms with Crippen LogP contribution in [0.2, 0.25) is 0 Å². The number of nitrogens with two attached hydrogens (primary N) is 1. The van der Waals surface area contributed by atoms with Gasteiger partial charge in [0.05, 0.1) is 30.7 Å². The lowest BCUT2D eigenvalue weighted by molar-refractivity contribution is -0.143. The monoisotopic (exact) mass is 575 g/mol. The van der Waals surface area contributed by atoms with Gasteiger partial charge in [-0.3, -0.25) is 20.3 Å². The highest BCUT2D eigenvalue weighted by molar-refractivity contribution is 5.95. The number of carbonyl (C=O) groups is 2. The molecule has 10 nitrogen and oxygen atoms in total. The Labute approximate surface area is 240 Å². The molecule has 1 unspecified atom stereocenters. The number of aryl methyl sites for hydroxylation is 1. The van der Waals surface area contributed by atoms with Gasteiger partial charge in [-0.2, -0.15) is 0 Å². The Morgan fingerprint density at radius 2 is 1.90 bits per heavy atom. The number of nitrogens with one attached hydrogen (secondary N) is 3. The Morgan fingerprint density at radius 1 is 1.18 bits per heavy atom. The van der Waals surface area contributed by atoms with E-state index < -0.39 is 11.5 Å². The molecule has 3 aromatic rings. The molecule has 39 heavy (non-hydrogen) atoms. The van der Waals surface area contributed by atoms with Gasteiger partial charge in [-0.15, -0.1) is 24.8 Å². The molecule has 1 aliphatic rings. The number of ether oxygens (including phenoxy) is 1. The predicted molar refractivity (Wildman–Crippen MR) is 157 cm³/mol. The van der Waals surface area contributed by atoms with Crippen molar-refractivity contribution in [2.75, 3.05) is 25.0 Å². The quantitative estimate of drug-likeness (QED) is 0.165. The molecule has 1 amide bonds. The van der Waals surface area contributed by atoms with Crippen molar-refractivity contribution in [2.24, 2.45) is 12.8 Å². The normalized spacial score (nSPS) is 13.8. The number of hydrogen-bond acceptors (Lipinski definition) is 7. The second-order valence-corrected chi connectivity index (χ2v) is 9.09. The summed E-state index contributed by atoms with van der Waals surface area (Å²) in [5, 5.41) is 14.0. The number of rotatable bonds is 10. The molecule has 1 aromatic heterocycles. The lowest BCUT2D eigenvalue weighted by Gasteiger charge is -2.33. The molecule has 0 radical (unpaired) electrons. The zero-order valence-corrected chi connectivity index (χ0v) is 23.8. The van der Waals surface area contributed by atoms with Gasteiger partial charge in [0.25, 0.3) is 5.91 Å². The maximum Gasteiger partial charge on any atom is 0.319 e. The minimum atomic E-state index is -1.15. The Hall–Kier alpha value is -3.60. The van der Waals surface area contributed by atoms with Crippen LogP contribution in [0.4, 0.5) is 5.69 Å². The van der Waals surface area contributed by atoms with E-state index in [1.54, 1.807) is 37.1 Å². The number of hydrogen-bond donors (Lipinski definition) is 4. The first-order chi connectivity index (χ1) is 17.7. The van der Waals surface area contributed by atoms with E-state index in [2.05, 4.69) is 10.6 Å².